The van der Waals surface area contributed by atoms with E-state index in [1.165, 1.54) is 18.2 Å². The Morgan fingerprint density at radius 3 is 2.64 bits per heavy atom. The number of likely N-dealkylation sites (tertiary alicyclic amines) is 1. The van der Waals surface area contributed by atoms with Crippen molar-refractivity contribution in [2.45, 2.75) is 30.2 Å². The van der Waals surface area contributed by atoms with Gasteiger partial charge in [0, 0.05) is 55.4 Å². The van der Waals surface area contributed by atoms with Crippen LogP contribution in [0.15, 0.2) is 77.8 Å². The molecule has 0 radical (unpaired) electrons. The van der Waals surface area contributed by atoms with E-state index in [0.29, 0.717) is 12.2 Å². The zero-order valence-corrected chi connectivity index (χ0v) is 23.5. The number of benzene rings is 3. The van der Waals surface area contributed by atoms with Gasteiger partial charge in [0.1, 0.15) is 17.2 Å². The molecule has 4 aromatic rings. The predicted molar refractivity (Wildman–Crippen MR) is 157 cm³/mol. The molecular weight excluding hydrogens is 562 g/mol. The van der Waals surface area contributed by atoms with Gasteiger partial charge in [0.15, 0.2) is 0 Å². The number of carbonyl (C=O) groups is 1. The molecule has 0 bridgehead atoms. The third-order valence-corrected chi connectivity index (χ3v) is 8.50. The lowest BCUT2D eigenvalue weighted by molar-refractivity contribution is -0.384. The minimum atomic E-state index is -4.46. The van der Waals surface area contributed by atoms with Gasteiger partial charge in [0.05, 0.1) is 15.4 Å². The van der Waals surface area contributed by atoms with Crippen LogP contribution in [-0.2, 0) is 10.0 Å². The monoisotopic (exact) mass is 593 g/mol. The molecule has 3 aromatic carbocycles. The van der Waals surface area contributed by atoms with Gasteiger partial charge in [-0.3, -0.25) is 14.9 Å². The van der Waals surface area contributed by atoms with Gasteiger partial charge in [-0.15, -0.1) is 0 Å². The van der Waals surface area contributed by atoms with E-state index < -0.39 is 31.4 Å². The van der Waals surface area contributed by atoms with Crippen molar-refractivity contribution < 1.29 is 28.0 Å². The number of hydrogen-bond donors (Lipinski definition) is 4. The Balaban J connectivity index is 1.30. The van der Waals surface area contributed by atoms with Crippen molar-refractivity contribution in [3.63, 3.8) is 0 Å². The second-order valence-electron chi connectivity index (χ2n) is 10.0. The fourth-order valence-electron chi connectivity index (χ4n) is 4.97. The smallest absolute Gasteiger partial charge is 0.293 e. The second-order valence-corrected chi connectivity index (χ2v) is 11.7. The fourth-order valence-corrected chi connectivity index (χ4v) is 5.95. The first kappa shape index (κ1) is 29.0. The predicted octanol–water partition coefficient (Wildman–Crippen LogP) is 4.25. The van der Waals surface area contributed by atoms with Crippen molar-refractivity contribution in [2.75, 3.05) is 31.6 Å². The Kier molecular flexibility index (Phi) is 8.71. The molecule has 220 valence electrons. The number of nitro groups is 1. The van der Waals surface area contributed by atoms with Gasteiger partial charge >= 0.3 is 0 Å². The Hall–Kier alpha value is -4.46. The molecule has 0 spiro atoms. The molecule has 1 aliphatic rings. The van der Waals surface area contributed by atoms with Gasteiger partial charge in [-0.1, -0.05) is 12.1 Å². The summed E-state index contributed by atoms with van der Waals surface area (Å²) < 4.78 is 34.2. The normalized spacial score (nSPS) is 14.5. The maximum absolute atomic E-state index is 13.2. The largest absolute Gasteiger partial charge is 0.457 e. The lowest BCUT2D eigenvalue weighted by Crippen LogP contribution is -2.39. The molecule has 13 heteroatoms. The fraction of sp³-hybridized carbons (Fsp3) is 0.276. The summed E-state index contributed by atoms with van der Waals surface area (Å²) in [6, 6.07) is 16.9. The molecule has 1 aliphatic heterocycles. The number of para-hydroxylation sites is 1. The van der Waals surface area contributed by atoms with E-state index in [0.717, 1.165) is 49.4 Å². The number of H-pyrrole nitrogens is 1. The summed E-state index contributed by atoms with van der Waals surface area (Å²) >= 11 is 0. The topological polar surface area (TPSA) is 167 Å². The first-order valence-corrected chi connectivity index (χ1v) is 15.0. The number of aliphatic hydroxyl groups excluding tert-OH is 1. The summed E-state index contributed by atoms with van der Waals surface area (Å²) in [4.78, 5) is 29.2. The molecule has 5 rings (SSSR count). The number of nitrogens with zero attached hydrogens (tertiary/aromatic N) is 2. The Morgan fingerprint density at radius 1 is 1.10 bits per heavy atom. The molecule has 1 amide bonds. The number of nitrogens with one attached hydrogen (secondary N) is 3. The number of aliphatic hydroxyl groups is 1. The summed E-state index contributed by atoms with van der Waals surface area (Å²) in [7, 11) is -4.46. The number of ether oxygens (including phenoxy) is 1. The van der Waals surface area contributed by atoms with Gasteiger partial charge in [-0.2, -0.15) is 0 Å². The van der Waals surface area contributed by atoms with E-state index in [9.17, 15) is 23.3 Å². The van der Waals surface area contributed by atoms with Crippen LogP contribution in [0.2, 0.25) is 0 Å². The molecule has 2 heterocycles. The number of hydrogen-bond acceptors (Lipinski definition) is 9. The number of piperidine rings is 1. The van der Waals surface area contributed by atoms with Crippen LogP contribution in [-0.4, -0.2) is 66.5 Å². The van der Waals surface area contributed by atoms with Gasteiger partial charge in [0.2, 0.25) is 0 Å². The van der Waals surface area contributed by atoms with Gasteiger partial charge in [-0.05, 0) is 67.8 Å². The third-order valence-electron chi connectivity index (χ3n) is 7.17. The third kappa shape index (κ3) is 6.70. The quantitative estimate of drug-likeness (QED) is 0.147. The number of sulfonamides is 1. The summed E-state index contributed by atoms with van der Waals surface area (Å²) in [5.41, 5.74) is 0.692. The van der Waals surface area contributed by atoms with Crippen LogP contribution >= 0.6 is 0 Å². The zero-order chi connectivity index (χ0) is 29.7. The molecule has 4 N–H and O–H groups in total. The molecule has 1 aromatic heterocycles. The molecule has 0 atom stereocenters. The highest BCUT2D eigenvalue weighted by Gasteiger charge is 2.27. The van der Waals surface area contributed by atoms with Crippen molar-refractivity contribution in [3.8, 4) is 11.5 Å². The highest BCUT2D eigenvalue weighted by Crippen LogP contribution is 2.31. The lowest BCUT2D eigenvalue weighted by atomic mass is 10.0. The lowest BCUT2D eigenvalue weighted by Gasteiger charge is -2.32. The van der Waals surface area contributed by atoms with Crippen LogP contribution in [0.25, 0.3) is 10.9 Å². The van der Waals surface area contributed by atoms with Crippen LogP contribution in [0.5, 0.6) is 11.5 Å². The molecule has 0 unspecified atom stereocenters. The number of fused-ring (bicyclic) bond motifs is 1. The summed E-state index contributed by atoms with van der Waals surface area (Å²) in [6.07, 6.45) is 3.98. The molecule has 1 fully saturated rings. The molecular formula is C29H31N5O7S. The van der Waals surface area contributed by atoms with Crippen molar-refractivity contribution >= 4 is 38.2 Å². The Morgan fingerprint density at radius 2 is 1.88 bits per heavy atom. The SMILES string of the molecule is O=C(NS(=O)(=O)c1ccc(NC2CCN(CCCO)CC2)c([N+](=O)[O-])c1)c1ccccc1Oc1ccc2[nH]ccc2c1. The average molecular weight is 594 g/mol. The highest BCUT2D eigenvalue weighted by molar-refractivity contribution is 7.90. The van der Waals surface area contributed by atoms with E-state index in [-0.39, 0.29) is 29.6 Å². The number of anilines is 1. The van der Waals surface area contributed by atoms with Crippen LogP contribution in [0.4, 0.5) is 11.4 Å². The van der Waals surface area contributed by atoms with Gasteiger partial charge in [0.25, 0.3) is 21.6 Å². The van der Waals surface area contributed by atoms with Gasteiger partial charge in [-0.25, -0.2) is 13.1 Å². The highest BCUT2D eigenvalue weighted by atomic mass is 32.2. The van der Waals surface area contributed by atoms with Crippen molar-refractivity contribution in [2.24, 2.45) is 0 Å². The first-order chi connectivity index (χ1) is 20.2. The van der Waals surface area contributed by atoms with Crippen LogP contribution in [0.1, 0.15) is 29.6 Å². The first-order valence-electron chi connectivity index (χ1n) is 13.5. The van der Waals surface area contributed by atoms with Crippen molar-refractivity contribution in [3.05, 3.63) is 88.6 Å². The number of nitro benzene ring substituents is 1. The number of aromatic amines is 1. The number of amides is 1. The number of carbonyl (C=O) groups excluding carboxylic acids is 1. The minimum Gasteiger partial charge on any atom is -0.457 e. The van der Waals surface area contributed by atoms with Crippen LogP contribution < -0.4 is 14.8 Å². The standard InChI is InChI=1S/C29H31N5O7S/c35-17-3-14-33-15-11-21(12-16-33)31-26-9-7-23(19-27(26)34(37)38)42(39,40)32-29(36)24-4-1-2-5-28(24)41-22-6-8-25-20(18-22)10-13-30-25/h1-2,4-10,13,18-19,21,30-31,35H,3,11-12,14-17H2,(H,32,36). The molecule has 0 aliphatic carbocycles. The van der Waals surface area contributed by atoms with E-state index in [1.807, 2.05) is 16.9 Å². The van der Waals surface area contributed by atoms with Crippen molar-refractivity contribution in [1.82, 2.24) is 14.6 Å². The second kappa shape index (κ2) is 12.6. The number of rotatable bonds is 11. The molecule has 12 nitrogen and oxygen atoms in total. The van der Waals surface area contributed by atoms with E-state index >= 15 is 0 Å². The zero-order valence-electron chi connectivity index (χ0n) is 22.7. The summed E-state index contributed by atoms with van der Waals surface area (Å²) in [6.45, 7) is 2.50. The maximum Gasteiger partial charge on any atom is 0.293 e. The molecule has 1 saturated heterocycles. The van der Waals surface area contributed by atoms with Gasteiger partial charge < -0.3 is 25.0 Å². The van der Waals surface area contributed by atoms with E-state index in [1.54, 1.807) is 36.5 Å². The van der Waals surface area contributed by atoms with E-state index in [4.69, 9.17) is 9.84 Å². The Bertz CT molecular complexity index is 1700. The maximum atomic E-state index is 13.2. The minimum absolute atomic E-state index is 0.0200. The summed E-state index contributed by atoms with van der Waals surface area (Å²) in [5, 5.41) is 25.0. The Labute approximate surface area is 242 Å². The average Bonchev–Trinajstić information content (AvgIpc) is 3.45. The van der Waals surface area contributed by atoms with Crippen LogP contribution in [0, 0.1) is 10.1 Å². The molecule has 0 saturated carbocycles. The van der Waals surface area contributed by atoms with Crippen molar-refractivity contribution in [1.29, 1.82) is 0 Å². The number of aromatic nitrogens is 1. The molecule has 42 heavy (non-hydrogen) atoms. The van der Waals surface area contributed by atoms with Crippen LogP contribution in [0.3, 0.4) is 0 Å². The van der Waals surface area contributed by atoms with E-state index in [2.05, 4.69) is 15.2 Å². The summed E-state index contributed by atoms with van der Waals surface area (Å²) in [5.74, 6) is -0.334.